The zero-order chi connectivity index (χ0) is 10.9. The largest absolute Gasteiger partial charge is 0.224 e. The Hall–Kier alpha value is -0.930. The van der Waals surface area contributed by atoms with Gasteiger partial charge in [-0.05, 0) is 28.1 Å². The lowest BCUT2D eigenvalue weighted by Gasteiger charge is -2.03. The quantitative estimate of drug-likeness (QED) is 0.787. The molecule has 0 radical (unpaired) electrons. The Balaban J connectivity index is 3.59. The predicted octanol–water partition coefficient (Wildman–Crippen LogP) is 1.86. The number of hydrogen-bond donors (Lipinski definition) is 0. The number of halogens is 2. The van der Waals surface area contributed by atoms with E-state index in [1.54, 1.807) is 6.07 Å². The van der Waals surface area contributed by atoms with Crippen molar-refractivity contribution in [1.82, 2.24) is 0 Å². The number of sulfone groups is 1. The Morgan fingerprint density at radius 2 is 2.07 bits per heavy atom. The van der Waals surface area contributed by atoms with Crippen LogP contribution < -0.4 is 0 Å². The highest BCUT2D eigenvalue weighted by atomic mass is 79.9. The second kappa shape index (κ2) is 3.67. The third-order valence-corrected chi connectivity index (χ3v) is 3.54. The molecular weight excluding hydrogens is 273 g/mol. The van der Waals surface area contributed by atoms with E-state index < -0.39 is 20.5 Å². The van der Waals surface area contributed by atoms with Crippen LogP contribution in [0.5, 0.6) is 0 Å². The number of nitrogens with zero attached hydrogens (tertiary/aromatic N) is 1. The van der Waals surface area contributed by atoms with Gasteiger partial charge in [0.05, 0.1) is 11.6 Å². The molecule has 0 saturated heterocycles. The van der Waals surface area contributed by atoms with Crippen LogP contribution in [0.4, 0.5) is 4.39 Å². The Bertz CT molecular complexity index is 496. The second-order valence-corrected chi connectivity index (χ2v) is 5.46. The Morgan fingerprint density at radius 1 is 1.50 bits per heavy atom. The summed E-state index contributed by atoms with van der Waals surface area (Å²) in [6, 6.07) is 3.88. The van der Waals surface area contributed by atoms with Gasteiger partial charge in [0.15, 0.2) is 9.84 Å². The Morgan fingerprint density at radius 3 is 2.43 bits per heavy atom. The zero-order valence-corrected chi connectivity index (χ0v) is 9.49. The Labute approximate surface area is 89.2 Å². The summed E-state index contributed by atoms with van der Waals surface area (Å²) in [5.74, 6) is -0.918. The number of hydrogen-bond acceptors (Lipinski definition) is 3. The van der Waals surface area contributed by atoms with Crippen molar-refractivity contribution >= 4 is 25.8 Å². The molecule has 74 valence electrons. The molecule has 0 unspecified atom stereocenters. The maximum Gasteiger partial charge on any atom is 0.179 e. The number of nitriles is 1. The van der Waals surface area contributed by atoms with E-state index in [1.165, 1.54) is 6.07 Å². The van der Waals surface area contributed by atoms with E-state index in [4.69, 9.17) is 5.26 Å². The van der Waals surface area contributed by atoms with Crippen LogP contribution >= 0.6 is 15.9 Å². The maximum absolute atomic E-state index is 13.2. The average Bonchev–Trinajstić information content (AvgIpc) is 1.99. The topological polar surface area (TPSA) is 57.9 Å². The van der Waals surface area contributed by atoms with Crippen LogP contribution in [0.3, 0.4) is 0 Å². The normalized spacial score (nSPS) is 11.0. The summed E-state index contributed by atoms with van der Waals surface area (Å²) in [6.45, 7) is 0. The fourth-order valence-electron chi connectivity index (χ4n) is 0.979. The van der Waals surface area contributed by atoms with E-state index in [1.807, 2.05) is 0 Å². The third-order valence-electron chi connectivity index (χ3n) is 1.50. The van der Waals surface area contributed by atoms with Crippen LogP contribution in [0.15, 0.2) is 21.5 Å². The summed E-state index contributed by atoms with van der Waals surface area (Å²) < 4.78 is 35.5. The third kappa shape index (κ3) is 2.11. The molecule has 0 N–H and O–H groups in total. The first kappa shape index (κ1) is 11.1. The van der Waals surface area contributed by atoms with Gasteiger partial charge in [-0.1, -0.05) is 0 Å². The molecule has 0 amide bonds. The molecule has 14 heavy (non-hydrogen) atoms. The van der Waals surface area contributed by atoms with Gasteiger partial charge in [-0.3, -0.25) is 0 Å². The Kier molecular flexibility index (Phi) is 2.92. The lowest BCUT2D eigenvalue weighted by Crippen LogP contribution is -2.02. The minimum absolute atomic E-state index is 0.0663. The summed E-state index contributed by atoms with van der Waals surface area (Å²) in [7, 11) is -3.62. The highest BCUT2D eigenvalue weighted by Crippen LogP contribution is 2.26. The molecule has 1 aromatic rings. The lowest BCUT2D eigenvalue weighted by atomic mass is 10.2. The fourth-order valence-corrected chi connectivity index (χ4v) is 3.12. The van der Waals surface area contributed by atoms with Crippen LogP contribution in [0.1, 0.15) is 5.56 Å². The van der Waals surface area contributed by atoms with Crippen molar-refractivity contribution in [3.05, 3.63) is 28.0 Å². The minimum atomic E-state index is -3.62. The summed E-state index contributed by atoms with van der Waals surface area (Å²) >= 11 is 2.90. The monoisotopic (exact) mass is 277 g/mol. The summed E-state index contributed by atoms with van der Waals surface area (Å²) in [5, 5.41) is 8.49. The molecule has 0 heterocycles. The molecular formula is C8H5BrFNO2S. The molecule has 1 aromatic carbocycles. The average molecular weight is 278 g/mol. The van der Waals surface area contributed by atoms with Crippen LogP contribution in [0, 0.1) is 17.1 Å². The standard InChI is InChI=1S/C8H5BrFNO2S/c1-14(12,13)8-6(9)2-5(4-11)3-7(8)10/h2-3H,1H3. The molecule has 6 heteroatoms. The van der Waals surface area contributed by atoms with Crippen LogP contribution in [-0.4, -0.2) is 14.7 Å². The molecule has 0 bridgehead atoms. The highest BCUT2D eigenvalue weighted by molar-refractivity contribution is 9.10. The van der Waals surface area contributed by atoms with E-state index >= 15 is 0 Å². The minimum Gasteiger partial charge on any atom is -0.224 e. The van der Waals surface area contributed by atoms with Crippen molar-refractivity contribution in [3.8, 4) is 6.07 Å². The van der Waals surface area contributed by atoms with Gasteiger partial charge in [0, 0.05) is 10.7 Å². The first-order valence-electron chi connectivity index (χ1n) is 3.45. The highest BCUT2D eigenvalue weighted by Gasteiger charge is 2.18. The van der Waals surface area contributed by atoms with Gasteiger partial charge in [0.2, 0.25) is 0 Å². The van der Waals surface area contributed by atoms with Crippen molar-refractivity contribution in [3.63, 3.8) is 0 Å². The maximum atomic E-state index is 13.2. The molecule has 0 spiro atoms. The molecule has 0 aromatic heterocycles. The SMILES string of the molecule is CS(=O)(=O)c1c(F)cc(C#N)cc1Br. The van der Waals surface area contributed by atoms with Gasteiger partial charge >= 0.3 is 0 Å². The van der Waals surface area contributed by atoms with E-state index in [0.717, 1.165) is 12.3 Å². The van der Waals surface area contributed by atoms with E-state index in [0.29, 0.717) is 0 Å². The van der Waals surface area contributed by atoms with Gasteiger partial charge in [0.1, 0.15) is 10.7 Å². The number of benzene rings is 1. The molecule has 0 aliphatic carbocycles. The first-order valence-corrected chi connectivity index (χ1v) is 6.14. The van der Waals surface area contributed by atoms with Gasteiger partial charge in [-0.2, -0.15) is 5.26 Å². The van der Waals surface area contributed by atoms with Crippen molar-refractivity contribution in [2.45, 2.75) is 4.90 Å². The van der Waals surface area contributed by atoms with Crippen molar-refractivity contribution < 1.29 is 12.8 Å². The molecule has 0 saturated carbocycles. The number of rotatable bonds is 1. The van der Waals surface area contributed by atoms with Gasteiger partial charge in [0.25, 0.3) is 0 Å². The van der Waals surface area contributed by atoms with Gasteiger partial charge in [-0.25, -0.2) is 12.8 Å². The van der Waals surface area contributed by atoms with Gasteiger partial charge < -0.3 is 0 Å². The van der Waals surface area contributed by atoms with Crippen LogP contribution in [-0.2, 0) is 9.84 Å². The van der Waals surface area contributed by atoms with E-state index in [2.05, 4.69) is 15.9 Å². The van der Waals surface area contributed by atoms with E-state index in [9.17, 15) is 12.8 Å². The zero-order valence-electron chi connectivity index (χ0n) is 7.08. The molecule has 3 nitrogen and oxygen atoms in total. The van der Waals surface area contributed by atoms with Crippen molar-refractivity contribution in [2.24, 2.45) is 0 Å². The predicted molar refractivity (Wildman–Crippen MR) is 51.9 cm³/mol. The lowest BCUT2D eigenvalue weighted by molar-refractivity contribution is 0.568. The molecule has 0 aliphatic heterocycles. The van der Waals surface area contributed by atoms with Gasteiger partial charge in [-0.15, -0.1) is 0 Å². The molecule has 0 fully saturated rings. The van der Waals surface area contributed by atoms with E-state index in [-0.39, 0.29) is 10.0 Å². The van der Waals surface area contributed by atoms with Crippen LogP contribution in [0.25, 0.3) is 0 Å². The second-order valence-electron chi connectivity index (χ2n) is 2.65. The van der Waals surface area contributed by atoms with Crippen molar-refractivity contribution in [1.29, 1.82) is 5.26 Å². The van der Waals surface area contributed by atoms with Crippen LogP contribution in [0.2, 0.25) is 0 Å². The summed E-state index contributed by atoms with van der Waals surface area (Å²) in [5.41, 5.74) is 0.0711. The summed E-state index contributed by atoms with van der Waals surface area (Å²) in [4.78, 5) is -0.420. The summed E-state index contributed by atoms with van der Waals surface area (Å²) in [6.07, 6.45) is 0.905. The molecule has 0 atom stereocenters. The van der Waals surface area contributed by atoms with Crippen molar-refractivity contribution in [2.75, 3.05) is 6.26 Å². The molecule has 1 rings (SSSR count). The molecule has 0 aliphatic rings. The smallest absolute Gasteiger partial charge is 0.179 e. The fraction of sp³-hybridized carbons (Fsp3) is 0.125. The first-order chi connectivity index (χ1) is 6.36.